The first-order valence-electron chi connectivity index (χ1n) is 11.8. The van der Waals surface area contributed by atoms with Gasteiger partial charge in [0.2, 0.25) is 11.6 Å². The lowest BCUT2D eigenvalue weighted by Gasteiger charge is -2.13. The van der Waals surface area contributed by atoms with Crippen LogP contribution in [0.1, 0.15) is 0 Å². The molecule has 0 fully saturated rings. The number of para-hydroxylation sites is 2. The van der Waals surface area contributed by atoms with Crippen molar-refractivity contribution >= 4 is 11.4 Å². The van der Waals surface area contributed by atoms with Crippen LogP contribution in [0, 0.1) is 10.1 Å². The van der Waals surface area contributed by atoms with Crippen LogP contribution in [0.4, 0.5) is 11.4 Å². The number of tetrazole rings is 2. The molecule has 0 saturated carbocycles. The van der Waals surface area contributed by atoms with Gasteiger partial charge in [0.1, 0.15) is 5.75 Å². The number of nitrogens with zero attached hydrogens (tertiary/aromatic N) is 8. The number of benzene rings is 4. The van der Waals surface area contributed by atoms with Gasteiger partial charge < -0.3 is 10.2 Å². The standard InChI is InChI=1S/C26H18N10O4/c37-23-19(15-5-1-7-17(13-15)25-27-31-32-28-25)9-3-11-21(23)30-35-26(29-33-34-35)18-8-2-6-16(14-18)20-10-4-12-22(24(20)38)36(39)40/h1-14,30,37-38H,(H,27,28,31,32). The number of aromatic amines is 1. The molecule has 40 heavy (non-hydrogen) atoms. The van der Waals surface area contributed by atoms with Gasteiger partial charge in [-0.3, -0.25) is 15.5 Å². The molecular formula is C26H18N10O4. The number of aromatic nitrogens is 8. The number of phenols is 2. The van der Waals surface area contributed by atoms with Crippen LogP contribution in [-0.2, 0) is 0 Å². The summed E-state index contributed by atoms with van der Waals surface area (Å²) in [5.41, 5.74) is 6.37. The molecule has 0 atom stereocenters. The van der Waals surface area contributed by atoms with Gasteiger partial charge in [-0.25, -0.2) is 5.10 Å². The van der Waals surface area contributed by atoms with E-state index in [1.54, 1.807) is 48.5 Å². The molecule has 0 aliphatic rings. The normalized spacial score (nSPS) is 10.9. The van der Waals surface area contributed by atoms with E-state index in [1.165, 1.54) is 16.9 Å². The van der Waals surface area contributed by atoms with E-state index in [-0.39, 0.29) is 11.3 Å². The predicted octanol–water partition coefficient (Wildman–Crippen LogP) is 4.05. The molecule has 0 spiro atoms. The minimum Gasteiger partial charge on any atom is -0.505 e. The summed E-state index contributed by atoms with van der Waals surface area (Å²) in [6, 6.07) is 23.8. The largest absolute Gasteiger partial charge is 0.505 e. The molecule has 0 aliphatic heterocycles. The third-order valence-corrected chi connectivity index (χ3v) is 6.17. The summed E-state index contributed by atoms with van der Waals surface area (Å²) in [4.78, 5) is 11.9. The minimum atomic E-state index is -0.643. The fraction of sp³-hybridized carbons (Fsp3) is 0. The zero-order chi connectivity index (χ0) is 27.6. The Morgan fingerprint density at radius 3 is 2.15 bits per heavy atom. The van der Waals surface area contributed by atoms with Crippen molar-refractivity contribution in [2.75, 3.05) is 5.43 Å². The molecule has 0 amide bonds. The number of phenolic OH excluding ortho intramolecular Hbond substituents is 2. The lowest BCUT2D eigenvalue weighted by molar-refractivity contribution is -0.385. The lowest BCUT2D eigenvalue weighted by Crippen LogP contribution is -2.13. The summed E-state index contributed by atoms with van der Waals surface area (Å²) in [6.45, 7) is 0. The van der Waals surface area contributed by atoms with Crippen molar-refractivity contribution in [2.45, 2.75) is 0 Å². The average molecular weight is 534 g/mol. The van der Waals surface area contributed by atoms with Gasteiger partial charge in [-0.15, -0.1) is 15.0 Å². The zero-order valence-electron chi connectivity index (χ0n) is 20.4. The summed E-state index contributed by atoms with van der Waals surface area (Å²) in [5, 5.41) is 58.6. The molecule has 2 heterocycles. The zero-order valence-corrected chi connectivity index (χ0v) is 20.4. The molecule has 0 unspecified atom stereocenters. The number of nitro groups is 1. The van der Waals surface area contributed by atoms with Crippen molar-refractivity contribution in [3.8, 4) is 56.5 Å². The van der Waals surface area contributed by atoms with Crippen molar-refractivity contribution in [1.29, 1.82) is 0 Å². The van der Waals surface area contributed by atoms with Crippen LogP contribution < -0.4 is 5.43 Å². The maximum Gasteiger partial charge on any atom is 0.311 e. The van der Waals surface area contributed by atoms with Crippen LogP contribution in [0.25, 0.3) is 45.0 Å². The number of anilines is 1. The number of hydrogen-bond donors (Lipinski definition) is 4. The highest BCUT2D eigenvalue weighted by atomic mass is 16.6. The lowest BCUT2D eigenvalue weighted by atomic mass is 10.0. The Morgan fingerprint density at radius 2 is 1.43 bits per heavy atom. The van der Waals surface area contributed by atoms with Crippen molar-refractivity contribution < 1.29 is 15.1 Å². The monoisotopic (exact) mass is 534 g/mol. The molecule has 0 saturated heterocycles. The molecule has 0 aliphatic carbocycles. The summed E-state index contributed by atoms with van der Waals surface area (Å²) in [7, 11) is 0. The molecule has 2 aromatic heterocycles. The van der Waals surface area contributed by atoms with Crippen LogP contribution in [0.15, 0.2) is 84.9 Å². The third-order valence-electron chi connectivity index (χ3n) is 6.17. The van der Waals surface area contributed by atoms with E-state index in [1.807, 2.05) is 24.3 Å². The molecule has 0 radical (unpaired) electrons. The van der Waals surface area contributed by atoms with Gasteiger partial charge in [-0.2, -0.15) is 0 Å². The highest BCUT2D eigenvalue weighted by Gasteiger charge is 2.19. The number of nitro benzene ring substituents is 1. The van der Waals surface area contributed by atoms with Gasteiger partial charge >= 0.3 is 5.69 Å². The van der Waals surface area contributed by atoms with E-state index in [2.05, 4.69) is 41.6 Å². The van der Waals surface area contributed by atoms with Gasteiger partial charge in [0.15, 0.2) is 5.82 Å². The van der Waals surface area contributed by atoms with Crippen molar-refractivity contribution in [3.05, 3.63) is 95.0 Å². The first-order chi connectivity index (χ1) is 19.5. The molecule has 14 heteroatoms. The van der Waals surface area contributed by atoms with Crippen LogP contribution in [0.3, 0.4) is 0 Å². The number of hydrogen-bond acceptors (Lipinski definition) is 11. The Kier molecular flexibility index (Phi) is 6.01. The van der Waals surface area contributed by atoms with Crippen LogP contribution in [0.2, 0.25) is 0 Å². The number of aromatic hydroxyl groups is 2. The quantitative estimate of drug-likeness (QED) is 0.131. The van der Waals surface area contributed by atoms with Crippen molar-refractivity contribution in [2.24, 2.45) is 0 Å². The number of nitrogens with one attached hydrogen (secondary N) is 2. The smallest absolute Gasteiger partial charge is 0.311 e. The Morgan fingerprint density at radius 1 is 0.775 bits per heavy atom. The highest BCUT2D eigenvalue weighted by Crippen LogP contribution is 2.39. The van der Waals surface area contributed by atoms with Gasteiger partial charge in [0, 0.05) is 28.3 Å². The van der Waals surface area contributed by atoms with Gasteiger partial charge in [-0.05, 0) is 50.2 Å². The molecule has 196 valence electrons. The van der Waals surface area contributed by atoms with E-state index in [9.17, 15) is 20.3 Å². The number of rotatable bonds is 7. The second-order valence-electron chi connectivity index (χ2n) is 8.57. The second kappa shape index (κ2) is 9.94. The Hall–Kier alpha value is -6.18. The summed E-state index contributed by atoms with van der Waals surface area (Å²) >= 11 is 0. The van der Waals surface area contributed by atoms with E-state index in [0.717, 1.165) is 11.1 Å². The van der Waals surface area contributed by atoms with Crippen molar-refractivity contribution in [1.82, 2.24) is 40.9 Å². The summed E-state index contributed by atoms with van der Waals surface area (Å²) < 4.78 is 0. The fourth-order valence-corrected chi connectivity index (χ4v) is 4.28. The predicted molar refractivity (Wildman–Crippen MR) is 143 cm³/mol. The Balaban J connectivity index is 1.33. The van der Waals surface area contributed by atoms with Crippen molar-refractivity contribution in [3.63, 3.8) is 0 Å². The third kappa shape index (κ3) is 4.41. The van der Waals surface area contributed by atoms with Crippen LogP contribution in [0.5, 0.6) is 11.5 Å². The second-order valence-corrected chi connectivity index (χ2v) is 8.57. The molecule has 4 N–H and O–H groups in total. The average Bonchev–Trinajstić information content (AvgIpc) is 3.67. The molecule has 6 rings (SSSR count). The first-order valence-corrected chi connectivity index (χ1v) is 11.8. The maximum absolute atomic E-state index is 11.3. The van der Waals surface area contributed by atoms with E-state index >= 15 is 0 Å². The Labute approximate surface area is 224 Å². The fourth-order valence-electron chi connectivity index (χ4n) is 4.28. The Bertz CT molecular complexity index is 1850. The molecule has 6 aromatic rings. The minimum absolute atomic E-state index is 0.0351. The SMILES string of the molecule is O=[N+]([O-])c1cccc(-c2cccc(-c3nnnn3Nc3cccc(-c4cccc(-c5nnn[nH]5)c4)c3O)c2)c1O. The van der Waals surface area contributed by atoms with E-state index in [0.29, 0.717) is 34.0 Å². The molecule has 0 bridgehead atoms. The first kappa shape index (κ1) is 24.2. The highest BCUT2D eigenvalue weighted by molar-refractivity contribution is 5.80. The summed E-state index contributed by atoms with van der Waals surface area (Å²) in [5.74, 6) is 0.325. The van der Waals surface area contributed by atoms with Crippen LogP contribution in [-0.4, -0.2) is 56.1 Å². The number of H-pyrrole nitrogens is 1. The van der Waals surface area contributed by atoms with E-state index in [4.69, 9.17) is 0 Å². The topological polar surface area (TPSA) is 194 Å². The van der Waals surface area contributed by atoms with Gasteiger partial charge in [0.25, 0.3) is 0 Å². The maximum atomic E-state index is 11.3. The molecule has 14 nitrogen and oxygen atoms in total. The summed E-state index contributed by atoms with van der Waals surface area (Å²) in [6.07, 6.45) is 0. The van der Waals surface area contributed by atoms with Gasteiger partial charge in [0.05, 0.1) is 10.6 Å². The van der Waals surface area contributed by atoms with E-state index < -0.39 is 16.4 Å². The molecule has 4 aromatic carbocycles. The van der Waals surface area contributed by atoms with Gasteiger partial charge in [-0.1, -0.05) is 60.7 Å². The van der Waals surface area contributed by atoms with Crippen LogP contribution >= 0.6 is 0 Å². The molecular weight excluding hydrogens is 516 g/mol.